The lowest BCUT2D eigenvalue weighted by atomic mass is 10.2. The standard InChI is InChI=1S/C11H15N3OS/c15-11(10-2-7-16-9-10)8-12-4-6-14-5-1-3-13-14/h1-3,5,7,9,11-12,15H,4,6,8H2. The molecule has 2 aromatic rings. The van der Waals surface area contributed by atoms with Gasteiger partial charge in [0.2, 0.25) is 0 Å². The summed E-state index contributed by atoms with van der Waals surface area (Å²) in [5.74, 6) is 0. The first-order valence-electron chi connectivity index (χ1n) is 5.24. The summed E-state index contributed by atoms with van der Waals surface area (Å²) in [5, 5.41) is 21.0. The minimum Gasteiger partial charge on any atom is -0.387 e. The number of nitrogens with zero attached hydrogens (tertiary/aromatic N) is 2. The van der Waals surface area contributed by atoms with Gasteiger partial charge < -0.3 is 10.4 Å². The Labute approximate surface area is 98.5 Å². The van der Waals surface area contributed by atoms with Crippen molar-refractivity contribution in [2.45, 2.75) is 12.6 Å². The molecule has 1 unspecified atom stereocenters. The highest BCUT2D eigenvalue weighted by molar-refractivity contribution is 7.07. The van der Waals surface area contributed by atoms with Crippen molar-refractivity contribution in [2.75, 3.05) is 13.1 Å². The van der Waals surface area contributed by atoms with Gasteiger partial charge in [-0.2, -0.15) is 16.4 Å². The molecule has 0 radical (unpaired) electrons. The van der Waals surface area contributed by atoms with Gasteiger partial charge in [-0.25, -0.2) is 0 Å². The Morgan fingerprint density at radius 1 is 1.56 bits per heavy atom. The van der Waals surface area contributed by atoms with Gasteiger partial charge >= 0.3 is 0 Å². The molecule has 0 aliphatic rings. The highest BCUT2D eigenvalue weighted by atomic mass is 32.1. The molecule has 2 heterocycles. The van der Waals surface area contributed by atoms with Crippen molar-refractivity contribution in [3.8, 4) is 0 Å². The Morgan fingerprint density at radius 3 is 3.19 bits per heavy atom. The summed E-state index contributed by atoms with van der Waals surface area (Å²) >= 11 is 1.60. The van der Waals surface area contributed by atoms with Crippen molar-refractivity contribution < 1.29 is 5.11 Å². The lowest BCUT2D eigenvalue weighted by molar-refractivity contribution is 0.175. The lowest BCUT2D eigenvalue weighted by Crippen LogP contribution is -2.25. The predicted molar refractivity (Wildman–Crippen MR) is 64.4 cm³/mol. The Kier molecular flexibility index (Phi) is 4.10. The first-order chi connectivity index (χ1) is 7.86. The minimum atomic E-state index is -0.413. The van der Waals surface area contributed by atoms with Gasteiger partial charge in [-0.1, -0.05) is 0 Å². The van der Waals surface area contributed by atoms with Crippen molar-refractivity contribution in [2.24, 2.45) is 0 Å². The molecule has 0 aliphatic carbocycles. The van der Waals surface area contributed by atoms with E-state index in [0.29, 0.717) is 6.54 Å². The van der Waals surface area contributed by atoms with E-state index in [1.165, 1.54) is 0 Å². The quantitative estimate of drug-likeness (QED) is 0.744. The summed E-state index contributed by atoms with van der Waals surface area (Å²) in [5.41, 5.74) is 0.983. The molecule has 0 saturated heterocycles. The van der Waals surface area contributed by atoms with E-state index in [2.05, 4.69) is 10.4 Å². The second-order valence-electron chi connectivity index (χ2n) is 3.55. The number of thiophene rings is 1. The molecule has 2 N–H and O–H groups in total. The summed E-state index contributed by atoms with van der Waals surface area (Å²) in [6.45, 7) is 2.21. The molecular formula is C11H15N3OS. The van der Waals surface area contributed by atoms with Gasteiger partial charge in [0.25, 0.3) is 0 Å². The molecule has 16 heavy (non-hydrogen) atoms. The van der Waals surface area contributed by atoms with Crippen LogP contribution in [0.3, 0.4) is 0 Å². The fraction of sp³-hybridized carbons (Fsp3) is 0.364. The summed E-state index contributed by atoms with van der Waals surface area (Å²) in [4.78, 5) is 0. The zero-order valence-electron chi connectivity index (χ0n) is 8.91. The number of hydrogen-bond acceptors (Lipinski definition) is 4. The highest BCUT2D eigenvalue weighted by Crippen LogP contribution is 2.14. The van der Waals surface area contributed by atoms with Crippen molar-refractivity contribution in [3.63, 3.8) is 0 Å². The lowest BCUT2D eigenvalue weighted by Gasteiger charge is -2.10. The zero-order chi connectivity index (χ0) is 11.2. The molecule has 86 valence electrons. The topological polar surface area (TPSA) is 50.1 Å². The predicted octanol–water partition coefficient (Wildman–Crippen LogP) is 1.27. The van der Waals surface area contributed by atoms with Crippen LogP contribution in [0.1, 0.15) is 11.7 Å². The van der Waals surface area contributed by atoms with E-state index in [1.54, 1.807) is 17.5 Å². The minimum absolute atomic E-state index is 0.413. The van der Waals surface area contributed by atoms with Crippen molar-refractivity contribution >= 4 is 11.3 Å². The van der Waals surface area contributed by atoms with E-state index < -0.39 is 6.10 Å². The molecule has 0 bridgehead atoms. The summed E-state index contributed by atoms with van der Waals surface area (Å²) in [6.07, 6.45) is 3.28. The first kappa shape index (κ1) is 11.3. The van der Waals surface area contributed by atoms with Crippen LogP contribution in [0.5, 0.6) is 0 Å². The Morgan fingerprint density at radius 2 is 2.50 bits per heavy atom. The average Bonchev–Trinajstić information content (AvgIpc) is 2.96. The number of aliphatic hydroxyl groups excluding tert-OH is 1. The molecule has 0 fully saturated rings. The third-order valence-electron chi connectivity index (χ3n) is 2.34. The third-order valence-corrected chi connectivity index (χ3v) is 3.04. The third kappa shape index (κ3) is 3.16. The molecule has 2 aromatic heterocycles. The molecule has 5 heteroatoms. The van der Waals surface area contributed by atoms with E-state index in [9.17, 15) is 5.11 Å². The number of rotatable bonds is 6. The zero-order valence-corrected chi connectivity index (χ0v) is 9.73. The van der Waals surface area contributed by atoms with Crippen LogP contribution in [0.2, 0.25) is 0 Å². The normalized spacial score (nSPS) is 12.8. The fourth-order valence-electron chi connectivity index (χ4n) is 1.45. The second-order valence-corrected chi connectivity index (χ2v) is 4.33. The number of aromatic nitrogens is 2. The Bertz CT molecular complexity index is 385. The van der Waals surface area contributed by atoms with Gasteiger partial charge in [0, 0.05) is 25.5 Å². The van der Waals surface area contributed by atoms with E-state index in [1.807, 2.05) is 33.8 Å². The van der Waals surface area contributed by atoms with Crippen molar-refractivity contribution in [1.82, 2.24) is 15.1 Å². The van der Waals surface area contributed by atoms with Crippen LogP contribution >= 0.6 is 11.3 Å². The van der Waals surface area contributed by atoms with Crippen LogP contribution in [-0.2, 0) is 6.54 Å². The van der Waals surface area contributed by atoms with E-state index >= 15 is 0 Å². The molecule has 4 nitrogen and oxygen atoms in total. The van der Waals surface area contributed by atoms with E-state index in [-0.39, 0.29) is 0 Å². The highest BCUT2D eigenvalue weighted by Gasteiger charge is 2.06. The van der Waals surface area contributed by atoms with E-state index in [4.69, 9.17) is 0 Å². The largest absolute Gasteiger partial charge is 0.387 e. The van der Waals surface area contributed by atoms with Gasteiger partial charge in [-0.15, -0.1) is 0 Å². The first-order valence-corrected chi connectivity index (χ1v) is 6.19. The molecule has 0 amide bonds. The molecular weight excluding hydrogens is 222 g/mol. The van der Waals surface area contributed by atoms with E-state index in [0.717, 1.165) is 18.7 Å². The van der Waals surface area contributed by atoms with Gasteiger partial charge in [0.1, 0.15) is 0 Å². The molecule has 0 aromatic carbocycles. The van der Waals surface area contributed by atoms with Crippen LogP contribution in [0.4, 0.5) is 0 Å². The van der Waals surface area contributed by atoms with Crippen LogP contribution in [0.25, 0.3) is 0 Å². The SMILES string of the molecule is OC(CNCCn1cccn1)c1ccsc1. The maximum Gasteiger partial charge on any atom is 0.0922 e. The van der Waals surface area contributed by atoms with Crippen molar-refractivity contribution in [3.05, 3.63) is 40.8 Å². The van der Waals surface area contributed by atoms with Crippen LogP contribution in [0, 0.1) is 0 Å². The van der Waals surface area contributed by atoms with Crippen LogP contribution in [-0.4, -0.2) is 28.0 Å². The molecule has 2 rings (SSSR count). The summed E-state index contributed by atoms with van der Waals surface area (Å²) in [7, 11) is 0. The smallest absolute Gasteiger partial charge is 0.0922 e. The maximum absolute atomic E-state index is 9.79. The van der Waals surface area contributed by atoms with Crippen LogP contribution in [0.15, 0.2) is 35.3 Å². The number of hydrogen-bond donors (Lipinski definition) is 2. The second kappa shape index (κ2) is 5.79. The number of nitrogens with one attached hydrogen (secondary N) is 1. The molecule has 1 atom stereocenters. The molecule has 0 saturated carbocycles. The number of aliphatic hydroxyl groups is 1. The van der Waals surface area contributed by atoms with Gasteiger partial charge in [0.15, 0.2) is 0 Å². The van der Waals surface area contributed by atoms with Gasteiger partial charge in [0.05, 0.1) is 12.6 Å². The van der Waals surface area contributed by atoms with Gasteiger partial charge in [-0.05, 0) is 28.5 Å². The average molecular weight is 237 g/mol. The van der Waals surface area contributed by atoms with Crippen molar-refractivity contribution in [1.29, 1.82) is 0 Å². The fourth-order valence-corrected chi connectivity index (χ4v) is 2.15. The monoisotopic (exact) mass is 237 g/mol. The molecule has 0 aliphatic heterocycles. The molecule has 0 spiro atoms. The maximum atomic E-state index is 9.79. The van der Waals surface area contributed by atoms with Crippen LogP contribution < -0.4 is 5.32 Å². The summed E-state index contributed by atoms with van der Waals surface area (Å²) in [6, 6.07) is 3.85. The Balaban J connectivity index is 1.65. The van der Waals surface area contributed by atoms with Gasteiger partial charge in [-0.3, -0.25) is 4.68 Å². The Hall–Kier alpha value is -1.17. The summed E-state index contributed by atoms with van der Waals surface area (Å²) < 4.78 is 1.87.